The summed E-state index contributed by atoms with van der Waals surface area (Å²) in [5.41, 5.74) is 4.19. The molecule has 0 bridgehead atoms. The van der Waals surface area contributed by atoms with E-state index in [1.54, 1.807) is 0 Å². The summed E-state index contributed by atoms with van der Waals surface area (Å²) in [5, 5.41) is 2.73. The molecule has 2 aromatic carbocycles. The molecule has 0 saturated carbocycles. The minimum absolute atomic E-state index is 0.0981. The van der Waals surface area contributed by atoms with Crippen molar-refractivity contribution in [2.24, 2.45) is 0 Å². The lowest BCUT2D eigenvalue weighted by atomic mass is 9.79. The lowest BCUT2D eigenvalue weighted by Gasteiger charge is -2.25. The highest BCUT2D eigenvalue weighted by Crippen LogP contribution is 2.30. The van der Waals surface area contributed by atoms with E-state index in [9.17, 15) is 9.59 Å². The van der Waals surface area contributed by atoms with Gasteiger partial charge in [0.1, 0.15) is 0 Å². The van der Waals surface area contributed by atoms with E-state index < -0.39 is 5.97 Å². The van der Waals surface area contributed by atoms with E-state index in [1.807, 2.05) is 43.3 Å². The van der Waals surface area contributed by atoms with Gasteiger partial charge in [0.15, 0.2) is 6.61 Å². The maximum absolute atomic E-state index is 12.6. The van der Waals surface area contributed by atoms with Crippen LogP contribution >= 0.6 is 0 Å². The second-order valence-electron chi connectivity index (χ2n) is 9.29. The van der Waals surface area contributed by atoms with Crippen LogP contribution < -0.4 is 5.32 Å². The fraction of sp³-hybridized carbons (Fsp3) is 0.417. The molecule has 150 valence electrons. The number of ether oxygens (including phenoxy) is 1. The molecule has 0 atom stereocenters. The van der Waals surface area contributed by atoms with E-state index in [4.69, 9.17) is 4.74 Å². The zero-order valence-electron chi connectivity index (χ0n) is 18.0. The number of aryl methyl sites for hydroxylation is 1. The molecular formula is C24H31NO3. The van der Waals surface area contributed by atoms with Gasteiger partial charge in [-0.3, -0.25) is 4.79 Å². The maximum atomic E-state index is 12.6. The highest BCUT2D eigenvalue weighted by atomic mass is 16.5. The first-order valence-corrected chi connectivity index (χ1v) is 9.56. The molecule has 0 unspecified atom stereocenters. The van der Waals surface area contributed by atoms with E-state index in [2.05, 4.69) is 52.9 Å². The summed E-state index contributed by atoms with van der Waals surface area (Å²) in [6, 6.07) is 13.3. The number of benzene rings is 2. The van der Waals surface area contributed by atoms with Crippen molar-refractivity contribution < 1.29 is 14.3 Å². The molecule has 0 spiro atoms. The van der Waals surface area contributed by atoms with Crippen LogP contribution in [0.25, 0.3) is 0 Å². The second kappa shape index (κ2) is 8.17. The molecule has 0 aromatic heterocycles. The van der Waals surface area contributed by atoms with Crippen LogP contribution in [0, 0.1) is 6.92 Å². The molecule has 0 radical (unpaired) electrons. The molecule has 0 aliphatic rings. The average Bonchev–Trinajstić information content (AvgIpc) is 2.59. The van der Waals surface area contributed by atoms with Crippen LogP contribution in [-0.4, -0.2) is 18.5 Å². The van der Waals surface area contributed by atoms with Crippen LogP contribution in [0.1, 0.15) is 68.6 Å². The zero-order valence-corrected chi connectivity index (χ0v) is 18.0. The highest BCUT2D eigenvalue weighted by Gasteiger charge is 2.23. The van der Waals surface area contributed by atoms with Crippen molar-refractivity contribution in [1.82, 2.24) is 0 Å². The van der Waals surface area contributed by atoms with E-state index in [1.165, 1.54) is 0 Å². The average molecular weight is 382 g/mol. The van der Waals surface area contributed by atoms with Crippen LogP contribution in [0.2, 0.25) is 0 Å². The standard InChI is InChI=1S/C24H31NO3/c1-16-8-10-20(11-9-16)25-21(26)15-28-22(27)17-12-18(23(2,3)4)14-19(13-17)24(5,6)7/h8-14H,15H2,1-7H3,(H,25,26). The molecule has 0 aliphatic heterocycles. The largest absolute Gasteiger partial charge is 0.452 e. The van der Waals surface area contributed by atoms with E-state index in [0.717, 1.165) is 16.7 Å². The van der Waals surface area contributed by atoms with Crippen LogP contribution in [0.4, 0.5) is 5.69 Å². The van der Waals surface area contributed by atoms with Crippen molar-refractivity contribution in [1.29, 1.82) is 0 Å². The summed E-state index contributed by atoms with van der Waals surface area (Å²) in [6.45, 7) is 14.3. The SMILES string of the molecule is Cc1ccc(NC(=O)COC(=O)c2cc(C(C)(C)C)cc(C(C)(C)C)c2)cc1. The van der Waals surface area contributed by atoms with Crippen LogP contribution in [0.5, 0.6) is 0 Å². The number of rotatable bonds is 4. The Balaban J connectivity index is 2.12. The van der Waals surface area contributed by atoms with Gasteiger partial charge in [-0.2, -0.15) is 0 Å². The van der Waals surface area contributed by atoms with Crippen molar-refractivity contribution in [2.45, 2.75) is 59.3 Å². The summed E-state index contributed by atoms with van der Waals surface area (Å²) >= 11 is 0. The topological polar surface area (TPSA) is 55.4 Å². The molecule has 28 heavy (non-hydrogen) atoms. The van der Waals surface area contributed by atoms with E-state index in [0.29, 0.717) is 11.3 Å². The number of amides is 1. The summed E-state index contributed by atoms with van der Waals surface area (Å²) in [7, 11) is 0. The molecule has 2 rings (SSSR count). The van der Waals surface area contributed by atoms with Crippen molar-refractivity contribution in [3.63, 3.8) is 0 Å². The van der Waals surface area contributed by atoms with Crippen molar-refractivity contribution in [3.05, 3.63) is 64.7 Å². The minimum Gasteiger partial charge on any atom is -0.452 e. The Bertz CT molecular complexity index is 821. The Morgan fingerprint density at radius 1 is 0.857 bits per heavy atom. The molecule has 1 N–H and O–H groups in total. The van der Waals surface area contributed by atoms with Gasteiger partial charge in [-0.15, -0.1) is 0 Å². The predicted molar refractivity (Wildman–Crippen MR) is 114 cm³/mol. The van der Waals surface area contributed by atoms with Gasteiger partial charge in [-0.25, -0.2) is 4.79 Å². The Morgan fingerprint density at radius 3 is 1.82 bits per heavy atom. The molecule has 4 nitrogen and oxygen atoms in total. The number of nitrogens with one attached hydrogen (secondary N) is 1. The Kier molecular flexibility index (Phi) is 6.33. The number of anilines is 1. The third-order valence-corrected chi connectivity index (χ3v) is 4.57. The van der Waals surface area contributed by atoms with Gasteiger partial charge in [0.05, 0.1) is 5.56 Å². The third kappa shape index (κ3) is 5.95. The third-order valence-electron chi connectivity index (χ3n) is 4.57. The monoisotopic (exact) mass is 381 g/mol. The summed E-state index contributed by atoms with van der Waals surface area (Å²) < 4.78 is 5.27. The molecule has 1 amide bonds. The molecular weight excluding hydrogens is 350 g/mol. The van der Waals surface area contributed by atoms with Gasteiger partial charge < -0.3 is 10.1 Å². The van der Waals surface area contributed by atoms with Gasteiger partial charge >= 0.3 is 5.97 Å². The molecule has 0 aliphatic carbocycles. The number of hydrogen-bond acceptors (Lipinski definition) is 3. The molecule has 0 fully saturated rings. The van der Waals surface area contributed by atoms with Gasteiger partial charge in [0.2, 0.25) is 0 Å². The lowest BCUT2D eigenvalue weighted by molar-refractivity contribution is -0.119. The quantitative estimate of drug-likeness (QED) is 0.723. The summed E-state index contributed by atoms with van der Waals surface area (Å²) in [6.07, 6.45) is 0. The zero-order chi connectivity index (χ0) is 21.1. The lowest BCUT2D eigenvalue weighted by Crippen LogP contribution is -2.22. The van der Waals surface area contributed by atoms with Gasteiger partial charge in [-0.05, 0) is 53.1 Å². The van der Waals surface area contributed by atoms with E-state index in [-0.39, 0.29) is 23.3 Å². The van der Waals surface area contributed by atoms with Crippen molar-refractivity contribution in [2.75, 3.05) is 11.9 Å². The van der Waals surface area contributed by atoms with Gasteiger partial charge in [0, 0.05) is 5.69 Å². The first kappa shape index (κ1) is 21.7. The molecule has 0 heterocycles. The molecule has 4 heteroatoms. The summed E-state index contributed by atoms with van der Waals surface area (Å²) in [4.78, 5) is 24.7. The Hall–Kier alpha value is -2.62. The van der Waals surface area contributed by atoms with Crippen LogP contribution in [0.3, 0.4) is 0 Å². The maximum Gasteiger partial charge on any atom is 0.338 e. The normalized spacial score (nSPS) is 11.8. The predicted octanol–water partition coefficient (Wildman–Crippen LogP) is 5.39. The van der Waals surface area contributed by atoms with Crippen LogP contribution in [-0.2, 0) is 20.4 Å². The summed E-state index contributed by atoms with van der Waals surface area (Å²) in [5.74, 6) is -0.851. The minimum atomic E-state index is -0.490. The Morgan fingerprint density at radius 2 is 1.36 bits per heavy atom. The van der Waals surface area contributed by atoms with Crippen LogP contribution in [0.15, 0.2) is 42.5 Å². The van der Waals surface area contributed by atoms with E-state index >= 15 is 0 Å². The fourth-order valence-electron chi connectivity index (χ4n) is 2.66. The highest BCUT2D eigenvalue weighted by molar-refractivity contribution is 5.95. The van der Waals surface area contributed by atoms with Crippen molar-refractivity contribution >= 4 is 17.6 Å². The first-order valence-electron chi connectivity index (χ1n) is 9.56. The van der Waals surface area contributed by atoms with Gasteiger partial charge in [0.25, 0.3) is 5.91 Å². The smallest absolute Gasteiger partial charge is 0.338 e. The number of carbonyl (C=O) groups is 2. The Labute approximate surface area is 168 Å². The number of hydrogen-bond donors (Lipinski definition) is 1. The number of carbonyl (C=O) groups excluding carboxylic acids is 2. The molecule has 0 saturated heterocycles. The van der Waals surface area contributed by atoms with Crippen molar-refractivity contribution in [3.8, 4) is 0 Å². The fourth-order valence-corrected chi connectivity index (χ4v) is 2.66. The molecule has 2 aromatic rings. The number of esters is 1. The second-order valence-corrected chi connectivity index (χ2v) is 9.29. The van der Waals surface area contributed by atoms with Gasteiger partial charge in [-0.1, -0.05) is 65.3 Å². The first-order chi connectivity index (χ1) is 12.9.